The Morgan fingerprint density at radius 2 is 1.12 bits per heavy atom. The van der Waals surface area contributed by atoms with E-state index in [4.69, 9.17) is 14.7 Å². The van der Waals surface area contributed by atoms with Gasteiger partial charge in [-0.25, -0.2) is 18.2 Å². The third-order valence-electron chi connectivity index (χ3n) is 10.6. The lowest BCUT2D eigenvalue weighted by Crippen LogP contribution is -2.32. The molecule has 0 spiro atoms. The maximum Gasteiger partial charge on any atom is 0.274 e. The summed E-state index contributed by atoms with van der Waals surface area (Å²) in [7, 11) is 5.04. The van der Waals surface area contributed by atoms with E-state index >= 15 is 0 Å². The Balaban J connectivity index is 0.000000146. The second-order valence-electron chi connectivity index (χ2n) is 15.5. The number of rotatable bonds is 9. The minimum atomic E-state index is -0.518. The highest BCUT2D eigenvalue weighted by Crippen LogP contribution is 2.23. The van der Waals surface area contributed by atoms with Gasteiger partial charge in [-0.05, 0) is 77.4 Å². The van der Waals surface area contributed by atoms with Crippen LogP contribution in [0.25, 0.3) is 45.2 Å². The van der Waals surface area contributed by atoms with Gasteiger partial charge in [0.1, 0.15) is 28.5 Å². The number of aryl methyl sites for hydroxylation is 3. The second-order valence-corrected chi connectivity index (χ2v) is 15.5. The Morgan fingerprint density at radius 1 is 0.644 bits per heavy atom. The van der Waals surface area contributed by atoms with Crippen molar-refractivity contribution in [3.05, 3.63) is 184 Å². The monoisotopic (exact) mass is 995 g/mol. The van der Waals surface area contributed by atoms with Crippen molar-refractivity contribution in [3.63, 3.8) is 0 Å². The molecule has 0 unspecified atom stereocenters. The largest absolute Gasteiger partial charge is 0.503 e. The summed E-state index contributed by atoms with van der Waals surface area (Å²) in [4.78, 5) is 24.8. The van der Waals surface area contributed by atoms with Crippen LogP contribution in [0.2, 0.25) is 0 Å². The lowest BCUT2D eigenvalue weighted by Gasteiger charge is -2.09. The quantitative estimate of drug-likeness (QED) is 0.0774. The molecule has 370 valence electrons. The van der Waals surface area contributed by atoms with Crippen molar-refractivity contribution < 1.29 is 42.3 Å². The SMILES string of the molecule is Cn1cnc(-c2nnc(Cc3ccc(F)cc3)o2)c(O)/c1=N/N.Cn1nc(-c2nnc(Cc3ccc(F)cc3)o2)/c(=N/O)c2ncccc21.Cn1nc(C(=O)NCc2ccc(F)cc2)/c(=N/O)c2ncccc21. The number of fused-ring (bicyclic) bond motifs is 2. The Morgan fingerprint density at radius 3 is 1.63 bits per heavy atom. The maximum atomic E-state index is 13.0. The maximum absolute atomic E-state index is 13.0. The molecule has 73 heavy (non-hydrogen) atoms. The van der Waals surface area contributed by atoms with E-state index in [0.29, 0.717) is 46.7 Å². The number of aromatic nitrogens is 12. The molecule has 23 nitrogen and oxygen atoms in total. The fourth-order valence-electron chi connectivity index (χ4n) is 7.00. The van der Waals surface area contributed by atoms with Gasteiger partial charge in [-0.15, -0.1) is 20.4 Å². The Labute approximate surface area is 408 Å². The van der Waals surface area contributed by atoms with Crippen LogP contribution in [0.5, 0.6) is 5.75 Å². The molecule has 10 aromatic rings. The average Bonchev–Trinajstić information content (AvgIpc) is 4.08. The summed E-state index contributed by atoms with van der Waals surface area (Å²) in [6.45, 7) is 0.190. The minimum absolute atomic E-state index is 0.000283. The number of hydrogen-bond acceptors (Lipinski definition) is 19. The van der Waals surface area contributed by atoms with Crippen molar-refractivity contribution in [1.29, 1.82) is 0 Å². The normalized spacial score (nSPS) is 11.8. The molecule has 3 aromatic carbocycles. The standard InChI is InChI=1S/C17H13FN6O2.C16H14FN5O2.C14H13FN6O2/c1-24-12-3-2-8-19-14(12)15(23-25)16(22-24)17-21-20-13(26-17)9-10-4-6-11(18)7-5-10;1-22-12-3-2-8-18-13(12)14(21-24)15(20-22)16(23)19-9-10-4-6-11(17)7-5-10;1-21-7-17-11(12(22)13(21)18-16)14-20-19-10(23-14)6-8-2-4-9(15)5-3-8/h2-8,25H,9H2,1H3;2-8,24H,9H2,1H3,(H,19,23);2-5,7,22H,6,16H2,1H3/b23-15+;21-14+;18-13-. The number of hydrogen-bond donors (Lipinski definition) is 5. The van der Waals surface area contributed by atoms with Crippen LogP contribution in [0.15, 0.2) is 140 Å². The summed E-state index contributed by atoms with van der Waals surface area (Å²) in [5.41, 5.74) is 4.91. The number of carbonyl (C=O) groups excluding carboxylic acids is 1. The number of nitrogens with zero attached hydrogens (tertiary/aromatic N) is 15. The Hall–Kier alpha value is -10.1. The first-order valence-electron chi connectivity index (χ1n) is 21.5. The first-order chi connectivity index (χ1) is 35.3. The first-order valence-corrected chi connectivity index (χ1v) is 21.5. The molecule has 0 saturated carbocycles. The number of pyridine rings is 2. The predicted octanol–water partition coefficient (Wildman–Crippen LogP) is 4.05. The molecule has 7 heterocycles. The summed E-state index contributed by atoms with van der Waals surface area (Å²) in [6, 6.07) is 24.8. The number of amides is 1. The topological polar surface area (TPSA) is 310 Å². The van der Waals surface area contributed by atoms with Crippen molar-refractivity contribution in [3.8, 4) is 28.9 Å². The van der Waals surface area contributed by atoms with E-state index in [1.807, 2.05) is 6.07 Å². The number of halogens is 3. The molecule has 0 fully saturated rings. The fraction of sp³-hybridized carbons (Fsp3) is 0.128. The van der Waals surface area contributed by atoms with Crippen molar-refractivity contribution >= 4 is 28.0 Å². The number of nitrogens with one attached hydrogen (secondary N) is 1. The molecule has 0 radical (unpaired) electrons. The zero-order chi connectivity index (χ0) is 51.6. The smallest absolute Gasteiger partial charge is 0.274 e. The average molecular weight is 996 g/mol. The second kappa shape index (κ2) is 22.1. The van der Waals surface area contributed by atoms with Gasteiger partial charge in [-0.3, -0.25) is 24.1 Å². The van der Waals surface area contributed by atoms with Crippen LogP contribution in [0.3, 0.4) is 0 Å². The molecule has 10 rings (SSSR count). The van der Waals surface area contributed by atoms with E-state index in [9.17, 15) is 33.5 Å². The van der Waals surface area contributed by atoms with E-state index in [0.717, 1.165) is 16.7 Å². The van der Waals surface area contributed by atoms with Gasteiger partial charge in [0.2, 0.25) is 11.8 Å². The molecule has 0 aliphatic heterocycles. The number of benzene rings is 3. The summed E-state index contributed by atoms with van der Waals surface area (Å²) < 4.78 is 54.5. The highest BCUT2D eigenvalue weighted by Gasteiger charge is 2.20. The van der Waals surface area contributed by atoms with Crippen molar-refractivity contribution in [2.45, 2.75) is 19.4 Å². The molecule has 0 bridgehead atoms. The van der Waals surface area contributed by atoms with Crippen LogP contribution in [0.1, 0.15) is 39.0 Å². The molecule has 26 heteroatoms. The Kier molecular flexibility index (Phi) is 14.9. The molecular formula is C47H40F3N17O6. The third-order valence-corrected chi connectivity index (χ3v) is 10.6. The molecular weight excluding hydrogens is 956 g/mol. The zero-order valence-electron chi connectivity index (χ0n) is 38.6. The highest BCUT2D eigenvalue weighted by atomic mass is 19.1. The van der Waals surface area contributed by atoms with E-state index < -0.39 is 5.91 Å². The number of aromatic hydroxyl groups is 1. The van der Waals surface area contributed by atoms with Crippen LogP contribution in [-0.4, -0.2) is 80.9 Å². The summed E-state index contributed by atoms with van der Waals surface area (Å²) in [5.74, 6) is 4.29. The van der Waals surface area contributed by atoms with Gasteiger partial charge in [0.15, 0.2) is 39.0 Å². The summed E-state index contributed by atoms with van der Waals surface area (Å²) >= 11 is 0. The lowest BCUT2D eigenvalue weighted by molar-refractivity contribution is 0.0941. The van der Waals surface area contributed by atoms with E-state index in [1.165, 1.54) is 58.2 Å². The van der Waals surface area contributed by atoms with Gasteiger partial charge in [-0.1, -0.05) is 46.7 Å². The lowest BCUT2D eigenvalue weighted by atomic mass is 10.1. The molecule has 0 atom stereocenters. The van der Waals surface area contributed by atoms with E-state index in [1.54, 1.807) is 86.6 Å². The van der Waals surface area contributed by atoms with Gasteiger partial charge in [0.05, 0.1) is 30.2 Å². The molecule has 0 saturated heterocycles. The van der Waals surface area contributed by atoms with Crippen LogP contribution in [-0.2, 0) is 40.5 Å². The Bertz CT molecular complexity index is 3800. The third kappa shape index (κ3) is 11.3. The van der Waals surface area contributed by atoms with Gasteiger partial charge in [0.25, 0.3) is 17.7 Å². The molecule has 0 aliphatic carbocycles. The fourth-order valence-corrected chi connectivity index (χ4v) is 7.00. The molecule has 0 aliphatic rings. The van der Waals surface area contributed by atoms with E-state index in [-0.39, 0.29) is 74.8 Å². The predicted molar refractivity (Wildman–Crippen MR) is 249 cm³/mol. The van der Waals surface area contributed by atoms with Crippen LogP contribution >= 0.6 is 0 Å². The van der Waals surface area contributed by atoms with Gasteiger partial charge < -0.3 is 40.1 Å². The van der Waals surface area contributed by atoms with Gasteiger partial charge >= 0.3 is 0 Å². The molecule has 6 N–H and O–H groups in total. The summed E-state index contributed by atoms with van der Waals surface area (Å²) in [6.07, 6.45) is 5.23. The van der Waals surface area contributed by atoms with Crippen LogP contribution in [0, 0.1) is 17.5 Å². The van der Waals surface area contributed by atoms with Gasteiger partial charge in [0, 0.05) is 40.1 Å². The van der Waals surface area contributed by atoms with Crippen molar-refractivity contribution in [1.82, 2.24) is 64.8 Å². The minimum Gasteiger partial charge on any atom is -0.503 e. The van der Waals surface area contributed by atoms with Crippen molar-refractivity contribution in [2.24, 2.45) is 42.4 Å². The van der Waals surface area contributed by atoms with Crippen molar-refractivity contribution in [2.75, 3.05) is 0 Å². The van der Waals surface area contributed by atoms with E-state index in [2.05, 4.69) is 66.3 Å². The molecule has 1 amide bonds. The number of carbonyl (C=O) groups is 1. The van der Waals surface area contributed by atoms with Gasteiger partial charge in [-0.2, -0.15) is 15.3 Å². The summed E-state index contributed by atoms with van der Waals surface area (Å²) in [5, 5.41) is 65.9. The number of nitrogens with two attached hydrogens (primary N) is 1. The molecule has 7 aromatic heterocycles. The highest BCUT2D eigenvalue weighted by molar-refractivity contribution is 5.94. The van der Waals surface area contributed by atoms with Crippen LogP contribution in [0.4, 0.5) is 13.2 Å². The first kappa shape index (κ1) is 49.3. The van der Waals surface area contributed by atoms with Crippen LogP contribution < -0.4 is 27.4 Å². The zero-order valence-corrected chi connectivity index (χ0v) is 38.6.